The highest BCUT2D eigenvalue weighted by molar-refractivity contribution is 5.97. The van der Waals surface area contributed by atoms with Gasteiger partial charge < -0.3 is 9.88 Å². The van der Waals surface area contributed by atoms with Crippen LogP contribution in [0.25, 0.3) is 0 Å². The number of hydrogen-bond acceptors (Lipinski definition) is 3. The maximum Gasteiger partial charge on any atom is 0.237 e. The Balaban J connectivity index is 2.03. The number of ketones is 1. The van der Waals surface area contributed by atoms with Crippen LogP contribution in [-0.2, 0) is 11.8 Å². The molecule has 0 spiro atoms. The van der Waals surface area contributed by atoms with E-state index in [4.69, 9.17) is 0 Å². The van der Waals surface area contributed by atoms with Gasteiger partial charge in [0.15, 0.2) is 5.78 Å². The summed E-state index contributed by atoms with van der Waals surface area (Å²) in [4.78, 5) is 26.0. The van der Waals surface area contributed by atoms with E-state index in [2.05, 4.69) is 5.32 Å². The molecule has 5 nitrogen and oxygen atoms in total. The average molecular weight is 263 g/mol. The first-order valence-electron chi connectivity index (χ1n) is 6.72. The number of carbonyl (C=O) groups is 2. The average Bonchev–Trinajstić information content (AvgIpc) is 2.85. The standard InChI is InChI=1S/C14H21N3O2/c1-15-14(19)12-5-3-4-7-17(12)10-13(18)11-6-8-16(2)9-11/h6,8-9,12H,3-5,7,10H2,1-2H3,(H,15,19). The molecule has 1 aromatic rings. The summed E-state index contributed by atoms with van der Waals surface area (Å²) in [6.45, 7) is 1.14. The molecular weight excluding hydrogens is 242 g/mol. The lowest BCUT2D eigenvalue weighted by Gasteiger charge is -2.33. The Bertz CT molecular complexity index is 467. The molecule has 0 saturated carbocycles. The van der Waals surface area contributed by atoms with Crippen LogP contribution in [0.4, 0.5) is 0 Å². The zero-order valence-electron chi connectivity index (χ0n) is 11.6. The highest BCUT2D eigenvalue weighted by Crippen LogP contribution is 2.17. The summed E-state index contributed by atoms with van der Waals surface area (Å²) in [6, 6.07) is 1.66. The first-order chi connectivity index (χ1) is 9.11. The molecule has 0 radical (unpaired) electrons. The van der Waals surface area contributed by atoms with Crippen molar-refractivity contribution in [3.63, 3.8) is 0 Å². The van der Waals surface area contributed by atoms with Crippen molar-refractivity contribution in [1.29, 1.82) is 0 Å². The highest BCUT2D eigenvalue weighted by Gasteiger charge is 2.29. The molecule has 1 saturated heterocycles. The van der Waals surface area contributed by atoms with Crippen molar-refractivity contribution < 1.29 is 9.59 Å². The third kappa shape index (κ3) is 3.23. The van der Waals surface area contributed by atoms with Crippen LogP contribution in [0.5, 0.6) is 0 Å². The van der Waals surface area contributed by atoms with Crippen molar-refractivity contribution in [2.24, 2.45) is 7.05 Å². The van der Waals surface area contributed by atoms with Gasteiger partial charge in [0.2, 0.25) is 5.91 Å². The molecule has 0 aliphatic carbocycles. The molecule has 0 bridgehead atoms. The number of aryl methyl sites for hydroxylation is 1. The van der Waals surface area contributed by atoms with E-state index < -0.39 is 0 Å². The summed E-state index contributed by atoms with van der Waals surface area (Å²) in [5.41, 5.74) is 0.712. The van der Waals surface area contributed by atoms with E-state index in [9.17, 15) is 9.59 Å². The summed E-state index contributed by atoms with van der Waals surface area (Å²) in [5.74, 6) is 0.0944. The fourth-order valence-electron chi connectivity index (χ4n) is 2.59. The van der Waals surface area contributed by atoms with Gasteiger partial charge in [0.05, 0.1) is 12.6 Å². The number of Topliss-reactive ketones (excluding diaryl/α,β-unsaturated/α-hetero) is 1. The van der Waals surface area contributed by atoms with E-state index in [0.717, 1.165) is 25.8 Å². The summed E-state index contributed by atoms with van der Waals surface area (Å²) >= 11 is 0. The van der Waals surface area contributed by atoms with Crippen LogP contribution in [0.3, 0.4) is 0 Å². The number of aromatic nitrogens is 1. The molecule has 2 heterocycles. The molecule has 1 unspecified atom stereocenters. The van der Waals surface area contributed by atoms with Crippen LogP contribution in [0.15, 0.2) is 18.5 Å². The zero-order chi connectivity index (χ0) is 13.8. The normalized spacial score (nSPS) is 20.2. The van der Waals surface area contributed by atoms with Gasteiger partial charge in [-0.25, -0.2) is 0 Å². The minimum atomic E-state index is -0.161. The number of likely N-dealkylation sites (tertiary alicyclic amines) is 1. The molecule has 0 aromatic carbocycles. The molecule has 5 heteroatoms. The van der Waals surface area contributed by atoms with Gasteiger partial charge in [0.1, 0.15) is 0 Å². The second-order valence-corrected chi connectivity index (χ2v) is 5.09. The number of amides is 1. The van der Waals surface area contributed by atoms with Crippen LogP contribution in [-0.4, -0.2) is 47.3 Å². The monoisotopic (exact) mass is 263 g/mol. The van der Waals surface area contributed by atoms with Crippen molar-refractivity contribution in [3.05, 3.63) is 24.0 Å². The quantitative estimate of drug-likeness (QED) is 0.818. The lowest BCUT2D eigenvalue weighted by Crippen LogP contribution is -2.50. The number of carbonyl (C=O) groups excluding carboxylic acids is 2. The van der Waals surface area contributed by atoms with E-state index in [1.807, 2.05) is 35.0 Å². The largest absolute Gasteiger partial charge is 0.358 e. The minimum absolute atomic E-state index is 0.0144. The highest BCUT2D eigenvalue weighted by atomic mass is 16.2. The molecule has 2 rings (SSSR count). The van der Waals surface area contributed by atoms with Gasteiger partial charge >= 0.3 is 0 Å². The van der Waals surface area contributed by atoms with Gasteiger partial charge in [-0.2, -0.15) is 0 Å². The molecular formula is C14H21N3O2. The van der Waals surface area contributed by atoms with Gasteiger partial charge in [-0.05, 0) is 25.5 Å². The van der Waals surface area contributed by atoms with Crippen LogP contribution < -0.4 is 5.32 Å². The van der Waals surface area contributed by atoms with E-state index in [1.54, 1.807) is 7.05 Å². The molecule has 1 aliphatic heterocycles. The Morgan fingerprint density at radius 3 is 2.84 bits per heavy atom. The Morgan fingerprint density at radius 1 is 1.42 bits per heavy atom. The fraction of sp³-hybridized carbons (Fsp3) is 0.571. The predicted octanol–water partition coefficient (Wildman–Crippen LogP) is 0.808. The van der Waals surface area contributed by atoms with Crippen molar-refractivity contribution >= 4 is 11.7 Å². The predicted molar refractivity (Wildman–Crippen MR) is 73.0 cm³/mol. The van der Waals surface area contributed by atoms with Crippen molar-refractivity contribution in [1.82, 2.24) is 14.8 Å². The lowest BCUT2D eigenvalue weighted by atomic mass is 10.0. The van der Waals surface area contributed by atoms with E-state index in [1.165, 1.54) is 0 Å². The summed E-state index contributed by atoms with van der Waals surface area (Å²) < 4.78 is 1.86. The first-order valence-corrected chi connectivity index (χ1v) is 6.72. The van der Waals surface area contributed by atoms with Gasteiger partial charge in [-0.3, -0.25) is 14.5 Å². The topological polar surface area (TPSA) is 54.3 Å². The Hall–Kier alpha value is -1.62. The van der Waals surface area contributed by atoms with Crippen LogP contribution in [0.1, 0.15) is 29.6 Å². The Kier molecular flexibility index (Phi) is 4.37. The molecule has 1 atom stereocenters. The maximum atomic E-state index is 12.2. The van der Waals surface area contributed by atoms with Crippen LogP contribution in [0.2, 0.25) is 0 Å². The minimum Gasteiger partial charge on any atom is -0.358 e. The fourth-order valence-corrected chi connectivity index (χ4v) is 2.59. The number of rotatable bonds is 4. The van der Waals surface area contributed by atoms with Gasteiger partial charge in [-0.1, -0.05) is 6.42 Å². The Morgan fingerprint density at radius 2 is 2.21 bits per heavy atom. The van der Waals surface area contributed by atoms with Crippen LogP contribution in [0, 0.1) is 0 Å². The summed E-state index contributed by atoms with van der Waals surface area (Å²) in [7, 11) is 3.54. The molecule has 1 N–H and O–H groups in total. The summed E-state index contributed by atoms with van der Waals surface area (Å²) in [6.07, 6.45) is 6.62. The van der Waals surface area contributed by atoms with Gasteiger partial charge in [0.25, 0.3) is 0 Å². The third-order valence-electron chi connectivity index (χ3n) is 3.66. The molecule has 1 amide bonds. The van der Waals surface area contributed by atoms with E-state index in [-0.39, 0.29) is 17.7 Å². The van der Waals surface area contributed by atoms with Crippen LogP contribution >= 0.6 is 0 Å². The van der Waals surface area contributed by atoms with Crippen molar-refractivity contribution in [2.45, 2.75) is 25.3 Å². The molecule has 104 valence electrons. The second kappa shape index (κ2) is 6.02. The number of hydrogen-bond donors (Lipinski definition) is 1. The number of piperidine rings is 1. The Labute approximate surface area is 113 Å². The SMILES string of the molecule is CNC(=O)C1CCCCN1CC(=O)c1ccn(C)c1. The molecule has 1 aliphatic rings. The van der Waals surface area contributed by atoms with Crippen molar-refractivity contribution in [3.8, 4) is 0 Å². The number of nitrogens with one attached hydrogen (secondary N) is 1. The zero-order valence-corrected chi connectivity index (χ0v) is 11.6. The first kappa shape index (κ1) is 13.8. The number of likely N-dealkylation sites (N-methyl/N-ethyl adjacent to an activating group) is 1. The number of nitrogens with zero attached hydrogens (tertiary/aromatic N) is 2. The van der Waals surface area contributed by atoms with Gasteiger partial charge in [-0.15, -0.1) is 0 Å². The summed E-state index contributed by atoms with van der Waals surface area (Å²) in [5, 5.41) is 2.69. The van der Waals surface area contributed by atoms with Gasteiger partial charge in [0, 0.05) is 32.1 Å². The van der Waals surface area contributed by atoms with Crippen molar-refractivity contribution in [2.75, 3.05) is 20.1 Å². The molecule has 1 fully saturated rings. The second-order valence-electron chi connectivity index (χ2n) is 5.09. The molecule has 1 aromatic heterocycles. The van der Waals surface area contributed by atoms with E-state index >= 15 is 0 Å². The lowest BCUT2D eigenvalue weighted by molar-refractivity contribution is -0.126. The third-order valence-corrected chi connectivity index (χ3v) is 3.66. The maximum absolute atomic E-state index is 12.2. The van der Waals surface area contributed by atoms with E-state index in [0.29, 0.717) is 12.1 Å². The molecule has 19 heavy (non-hydrogen) atoms. The smallest absolute Gasteiger partial charge is 0.237 e.